The van der Waals surface area contributed by atoms with E-state index < -0.39 is 23.6 Å². The monoisotopic (exact) mass is 514 g/mol. The van der Waals surface area contributed by atoms with Crippen LogP contribution in [-0.4, -0.2) is 64.7 Å². The number of carbonyl (C=O) groups excluding carboxylic acids is 2. The molecular formula is C30H50N4O3. The molecule has 208 valence electrons. The minimum absolute atomic E-state index is 0.0297. The Labute approximate surface area is 223 Å². The zero-order valence-electron chi connectivity index (χ0n) is 23.8. The van der Waals surface area contributed by atoms with Crippen molar-refractivity contribution >= 4 is 11.8 Å². The van der Waals surface area contributed by atoms with Crippen molar-refractivity contribution in [2.45, 2.75) is 110 Å². The van der Waals surface area contributed by atoms with Gasteiger partial charge in [-0.15, -0.1) is 0 Å². The molecule has 2 aliphatic rings. The molecule has 2 fully saturated rings. The first-order valence-electron chi connectivity index (χ1n) is 14.1. The molecule has 1 aliphatic carbocycles. The fourth-order valence-corrected chi connectivity index (χ4v) is 5.81. The van der Waals surface area contributed by atoms with E-state index in [9.17, 15) is 14.7 Å². The average Bonchev–Trinajstić information content (AvgIpc) is 2.81. The number of nitrogens with one attached hydrogen (secondary N) is 2. The number of nitrogens with two attached hydrogens (primary N) is 1. The number of hydrogen-bond acceptors (Lipinski definition) is 5. The summed E-state index contributed by atoms with van der Waals surface area (Å²) in [5, 5.41) is 17.8. The maximum Gasteiger partial charge on any atom is 0.237 e. The molecule has 7 nitrogen and oxygen atoms in total. The summed E-state index contributed by atoms with van der Waals surface area (Å²) in [5.41, 5.74) is 6.57. The third kappa shape index (κ3) is 8.52. The Morgan fingerprint density at radius 2 is 1.68 bits per heavy atom. The number of benzene rings is 1. The van der Waals surface area contributed by atoms with E-state index in [1.165, 1.54) is 25.7 Å². The quantitative estimate of drug-likeness (QED) is 0.426. The molecule has 3 rings (SSSR count). The standard InChI is InChI=1S/C30H50N4O3/c1-29(2,3)26(31)28(37)32-23(16-20-12-8-7-9-13-20)25(35)19-34-18-22-15-11-10-14-21(22)17-24(34)27(36)33-30(4,5)6/h7-9,12-13,21-26,35H,10-11,14-19,31H2,1-6H3,(H,32,37)(H,33,36)/t21-,22+,23-,24-,25+,26+/m0/s1. The predicted octanol–water partition coefficient (Wildman–Crippen LogP) is 3.24. The number of likely N-dealkylation sites (tertiary alicyclic amines) is 1. The Hall–Kier alpha value is -1.96. The van der Waals surface area contributed by atoms with Gasteiger partial charge in [-0.3, -0.25) is 14.5 Å². The molecule has 0 bridgehead atoms. The maximum atomic E-state index is 13.4. The summed E-state index contributed by atoms with van der Waals surface area (Å²) in [5.74, 6) is 0.876. The van der Waals surface area contributed by atoms with Crippen molar-refractivity contribution < 1.29 is 14.7 Å². The van der Waals surface area contributed by atoms with E-state index in [4.69, 9.17) is 5.73 Å². The summed E-state index contributed by atoms with van der Waals surface area (Å²) in [6.45, 7) is 12.9. The van der Waals surface area contributed by atoms with Crippen LogP contribution in [0.25, 0.3) is 0 Å². The van der Waals surface area contributed by atoms with Crippen LogP contribution in [0.3, 0.4) is 0 Å². The van der Waals surface area contributed by atoms with Gasteiger partial charge < -0.3 is 21.5 Å². The fraction of sp³-hybridized carbons (Fsp3) is 0.733. The van der Waals surface area contributed by atoms with Gasteiger partial charge in [0.2, 0.25) is 11.8 Å². The van der Waals surface area contributed by atoms with Crippen molar-refractivity contribution in [2.75, 3.05) is 13.1 Å². The number of amides is 2. The predicted molar refractivity (Wildman–Crippen MR) is 149 cm³/mol. The van der Waals surface area contributed by atoms with E-state index in [1.807, 2.05) is 71.9 Å². The third-order valence-corrected chi connectivity index (χ3v) is 8.03. The summed E-state index contributed by atoms with van der Waals surface area (Å²) in [7, 11) is 0. The molecule has 1 aliphatic heterocycles. The molecule has 6 atom stereocenters. The largest absolute Gasteiger partial charge is 0.390 e. The molecule has 1 saturated carbocycles. The summed E-state index contributed by atoms with van der Waals surface area (Å²) >= 11 is 0. The van der Waals surface area contributed by atoms with Crippen LogP contribution in [0.1, 0.15) is 79.2 Å². The molecule has 1 saturated heterocycles. The van der Waals surface area contributed by atoms with Gasteiger partial charge in [-0.25, -0.2) is 0 Å². The number of hydrogen-bond donors (Lipinski definition) is 4. The smallest absolute Gasteiger partial charge is 0.237 e. The number of β-amino-alcohol motifs (C(OH)–C–C–N with tert-alkyl or cyclic N) is 1. The van der Waals surface area contributed by atoms with Gasteiger partial charge in [-0.1, -0.05) is 70.4 Å². The molecule has 0 aromatic heterocycles. The van der Waals surface area contributed by atoms with Crippen LogP contribution in [0.15, 0.2) is 30.3 Å². The minimum Gasteiger partial charge on any atom is -0.390 e. The molecular weight excluding hydrogens is 464 g/mol. The fourth-order valence-electron chi connectivity index (χ4n) is 5.81. The molecule has 1 aromatic carbocycles. The van der Waals surface area contributed by atoms with Gasteiger partial charge in [0.25, 0.3) is 0 Å². The van der Waals surface area contributed by atoms with Gasteiger partial charge in [0.15, 0.2) is 0 Å². The van der Waals surface area contributed by atoms with Gasteiger partial charge >= 0.3 is 0 Å². The summed E-state index contributed by atoms with van der Waals surface area (Å²) in [4.78, 5) is 28.6. The lowest BCUT2D eigenvalue weighted by molar-refractivity contribution is -0.133. The molecule has 1 aromatic rings. The van der Waals surface area contributed by atoms with Crippen molar-refractivity contribution in [1.82, 2.24) is 15.5 Å². The normalized spacial score (nSPS) is 25.5. The second kappa shape index (κ2) is 12.3. The Morgan fingerprint density at radius 3 is 2.27 bits per heavy atom. The van der Waals surface area contributed by atoms with Crippen LogP contribution >= 0.6 is 0 Å². The molecule has 37 heavy (non-hydrogen) atoms. The zero-order chi connectivity index (χ0) is 27.4. The van der Waals surface area contributed by atoms with Gasteiger partial charge in [0.05, 0.1) is 24.2 Å². The van der Waals surface area contributed by atoms with Gasteiger partial charge in [0, 0.05) is 18.6 Å². The zero-order valence-corrected chi connectivity index (χ0v) is 23.8. The van der Waals surface area contributed by atoms with E-state index in [2.05, 4.69) is 15.5 Å². The van der Waals surface area contributed by atoms with Gasteiger partial charge in [-0.05, 0) is 62.8 Å². The second-order valence-corrected chi connectivity index (χ2v) is 13.5. The number of rotatable bonds is 8. The van der Waals surface area contributed by atoms with Crippen LogP contribution in [0.4, 0.5) is 0 Å². The van der Waals surface area contributed by atoms with Gasteiger partial charge in [0.1, 0.15) is 0 Å². The van der Waals surface area contributed by atoms with Crippen LogP contribution < -0.4 is 16.4 Å². The highest BCUT2D eigenvalue weighted by molar-refractivity contribution is 5.83. The molecule has 5 N–H and O–H groups in total. The lowest BCUT2D eigenvalue weighted by Crippen LogP contribution is -2.61. The van der Waals surface area contributed by atoms with Crippen molar-refractivity contribution in [1.29, 1.82) is 0 Å². The second-order valence-electron chi connectivity index (χ2n) is 13.5. The first kappa shape index (κ1) is 29.6. The van der Waals surface area contributed by atoms with E-state index in [1.54, 1.807) is 0 Å². The summed E-state index contributed by atoms with van der Waals surface area (Å²) in [6, 6.07) is 8.39. The van der Waals surface area contributed by atoms with E-state index in [0.717, 1.165) is 18.5 Å². The number of piperidine rings is 1. The average molecular weight is 515 g/mol. The minimum atomic E-state index is -0.846. The lowest BCUT2D eigenvalue weighted by Gasteiger charge is -2.47. The SMILES string of the molecule is CC(C)(C)NC(=O)[C@@H]1C[C@@H]2CCCC[C@@H]2CN1C[C@@H](O)[C@H](Cc1ccccc1)NC(=O)[C@@H](N)C(C)(C)C. The number of aliphatic hydroxyl groups excluding tert-OH is 1. The summed E-state index contributed by atoms with van der Waals surface area (Å²) in [6.07, 6.45) is 5.28. The highest BCUT2D eigenvalue weighted by Crippen LogP contribution is 2.39. The molecule has 0 spiro atoms. The van der Waals surface area contributed by atoms with E-state index >= 15 is 0 Å². The molecule has 0 unspecified atom stereocenters. The topological polar surface area (TPSA) is 108 Å². The Balaban J connectivity index is 1.80. The number of nitrogens with zero attached hydrogens (tertiary/aromatic N) is 1. The van der Waals surface area contributed by atoms with Crippen molar-refractivity contribution in [3.8, 4) is 0 Å². The van der Waals surface area contributed by atoms with Crippen LogP contribution in [0, 0.1) is 17.3 Å². The number of aliphatic hydroxyl groups is 1. The maximum absolute atomic E-state index is 13.4. The van der Waals surface area contributed by atoms with Crippen LogP contribution in [0.2, 0.25) is 0 Å². The Morgan fingerprint density at radius 1 is 1.05 bits per heavy atom. The molecule has 1 heterocycles. The van der Waals surface area contributed by atoms with Crippen molar-refractivity contribution in [3.63, 3.8) is 0 Å². The first-order chi connectivity index (χ1) is 17.2. The van der Waals surface area contributed by atoms with Crippen LogP contribution in [0.5, 0.6) is 0 Å². The van der Waals surface area contributed by atoms with Crippen molar-refractivity contribution in [2.24, 2.45) is 23.0 Å². The third-order valence-electron chi connectivity index (χ3n) is 8.03. The number of fused-ring (bicyclic) bond motifs is 1. The highest BCUT2D eigenvalue weighted by atomic mass is 16.3. The highest BCUT2D eigenvalue weighted by Gasteiger charge is 2.42. The van der Waals surface area contributed by atoms with Crippen molar-refractivity contribution in [3.05, 3.63) is 35.9 Å². The molecule has 0 radical (unpaired) electrons. The lowest BCUT2D eigenvalue weighted by atomic mass is 9.72. The van der Waals surface area contributed by atoms with Crippen LogP contribution in [-0.2, 0) is 16.0 Å². The first-order valence-corrected chi connectivity index (χ1v) is 14.1. The Bertz CT molecular complexity index is 892. The number of carbonyl (C=O) groups is 2. The molecule has 2 amide bonds. The summed E-state index contributed by atoms with van der Waals surface area (Å²) < 4.78 is 0. The van der Waals surface area contributed by atoms with E-state index in [-0.39, 0.29) is 23.4 Å². The van der Waals surface area contributed by atoms with Gasteiger partial charge in [-0.2, -0.15) is 0 Å². The Kier molecular flexibility index (Phi) is 9.81. The van der Waals surface area contributed by atoms with E-state index in [0.29, 0.717) is 24.8 Å². The molecule has 7 heteroatoms.